The molecule has 3 aliphatic rings. The van der Waals surface area contributed by atoms with E-state index in [1.165, 1.54) is 0 Å². The quantitative estimate of drug-likeness (QED) is 0.716. The van der Waals surface area contributed by atoms with Crippen molar-refractivity contribution in [2.75, 3.05) is 31.9 Å². The smallest absolute Gasteiger partial charge is 0.257 e. The zero-order chi connectivity index (χ0) is 18.3. The molecule has 3 heterocycles. The maximum atomic E-state index is 12.9. The summed E-state index contributed by atoms with van der Waals surface area (Å²) >= 11 is 1.58. The number of thioether (sulfide) groups is 1. The average Bonchev–Trinajstić information content (AvgIpc) is 3.05. The molecule has 1 saturated heterocycles. The highest BCUT2D eigenvalue weighted by Gasteiger charge is 2.32. The molecule has 8 heteroatoms. The zero-order valence-corrected chi connectivity index (χ0v) is 15.9. The van der Waals surface area contributed by atoms with Gasteiger partial charge in [-0.15, -0.1) is 0 Å². The van der Waals surface area contributed by atoms with Gasteiger partial charge in [-0.25, -0.2) is 4.98 Å². The number of rotatable bonds is 2. The number of hydrogen-bond donors (Lipinski definition) is 0. The molecular formula is C18H24N4O3S. The number of carbonyl (C=O) groups is 2. The van der Waals surface area contributed by atoms with Crippen LogP contribution in [0.15, 0.2) is 9.95 Å². The third-order valence-electron chi connectivity index (χ3n) is 5.61. The molecule has 0 N–H and O–H groups in total. The van der Waals surface area contributed by atoms with Gasteiger partial charge in [0.05, 0.1) is 11.7 Å². The number of carbonyl (C=O) groups excluding carboxylic acids is 2. The lowest BCUT2D eigenvalue weighted by Gasteiger charge is -2.34. The van der Waals surface area contributed by atoms with Gasteiger partial charge in [0.2, 0.25) is 11.8 Å². The van der Waals surface area contributed by atoms with E-state index in [4.69, 9.17) is 4.98 Å². The van der Waals surface area contributed by atoms with Crippen LogP contribution in [-0.2, 0) is 22.4 Å². The fourth-order valence-corrected chi connectivity index (χ4v) is 5.22. The normalized spacial score (nSPS) is 22.1. The first-order valence-electron chi connectivity index (χ1n) is 9.35. The van der Waals surface area contributed by atoms with Crippen LogP contribution in [0.4, 0.5) is 0 Å². The van der Waals surface area contributed by atoms with E-state index < -0.39 is 0 Å². The van der Waals surface area contributed by atoms with Gasteiger partial charge < -0.3 is 9.80 Å². The van der Waals surface area contributed by atoms with E-state index in [0.717, 1.165) is 47.8 Å². The molecule has 2 aliphatic heterocycles. The lowest BCUT2D eigenvalue weighted by molar-refractivity contribution is -0.138. The molecule has 1 atom stereocenters. The number of piperazine rings is 1. The molecule has 7 nitrogen and oxygen atoms in total. The standard InChI is InChI=1S/C18H24N4O3S/c1-12(23)20-6-8-21(9-7-20)16(24)10-13-11-26-18-19-15-5-3-2-4-14(15)17(25)22(13)18/h13H,2-11H2,1H3. The van der Waals surface area contributed by atoms with Crippen molar-refractivity contribution in [2.45, 2.75) is 50.2 Å². The van der Waals surface area contributed by atoms with Gasteiger partial charge in [-0.2, -0.15) is 0 Å². The minimum absolute atomic E-state index is 0.0561. The maximum absolute atomic E-state index is 12.9. The Balaban J connectivity index is 1.47. The molecule has 1 unspecified atom stereocenters. The van der Waals surface area contributed by atoms with Crippen LogP contribution >= 0.6 is 11.8 Å². The summed E-state index contributed by atoms with van der Waals surface area (Å²) in [6.07, 6.45) is 4.17. The van der Waals surface area contributed by atoms with Gasteiger partial charge in [0.15, 0.2) is 5.16 Å². The zero-order valence-electron chi connectivity index (χ0n) is 15.1. The molecule has 4 rings (SSSR count). The maximum Gasteiger partial charge on any atom is 0.257 e. The van der Waals surface area contributed by atoms with Crippen LogP contribution in [0.1, 0.15) is 43.5 Å². The summed E-state index contributed by atoms with van der Waals surface area (Å²) in [6.45, 7) is 3.88. The van der Waals surface area contributed by atoms with Crippen molar-refractivity contribution in [3.8, 4) is 0 Å². The lowest BCUT2D eigenvalue weighted by Crippen LogP contribution is -2.50. The van der Waals surface area contributed by atoms with Gasteiger partial charge in [0, 0.05) is 50.8 Å². The fraction of sp³-hybridized carbons (Fsp3) is 0.667. The largest absolute Gasteiger partial charge is 0.339 e. The van der Waals surface area contributed by atoms with Crippen LogP contribution in [0.25, 0.3) is 0 Å². The third kappa shape index (κ3) is 3.15. The molecule has 0 spiro atoms. The molecule has 1 aliphatic carbocycles. The van der Waals surface area contributed by atoms with Crippen molar-refractivity contribution >= 4 is 23.6 Å². The monoisotopic (exact) mass is 376 g/mol. The van der Waals surface area contributed by atoms with Crippen LogP contribution in [0.5, 0.6) is 0 Å². The lowest BCUT2D eigenvalue weighted by atomic mass is 9.97. The van der Waals surface area contributed by atoms with Crippen molar-refractivity contribution in [2.24, 2.45) is 0 Å². The summed E-state index contributed by atoms with van der Waals surface area (Å²) < 4.78 is 1.76. The van der Waals surface area contributed by atoms with E-state index in [1.807, 2.05) is 4.90 Å². The SMILES string of the molecule is CC(=O)N1CCN(C(=O)CC2CSc3nc4c(c(=O)n32)CCCC4)CC1. The van der Waals surface area contributed by atoms with Crippen LogP contribution < -0.4 is 5.56 Å². The molecular weight excluding hydrogens is 352 g/mol. The highest BCUT2D eigenvalue weighted by Crippen LogP contribution is 2.34. The second-order valence-electron chi connectivity index (χ2n) is 7.26. The number of amides is 2. The van der Waals surface area contributed by atoms with E-state index in [1.54, 1.807) is 28.2 Å². The van der Waals surface area contributed by atoms with Gasteiger partial charge in [0.25, 0.3) is 5.56 Å². The van der Waals surface area contributed by atoms with Crippen molar-refractivity contribution in [3.63, 3.8) is 0 Å². The third-order valence-corrected chi connectivity index (χ3v) is 6.71. The fourth-order valence-electron chi connectivity index (χ4n) is 4.07. The number of fused-ring (bicyclic) bond motifs is 2. The number of aromatic nitrogens is 2. The average molecular weight is 376 g/mol. The van der Waals surface area contributed by atoms with Gasteiger partial charge in [-0.1, -0.05) is 11.8 Å². The molecule has 0 saturated carbocycles. The minimum Gasteiger partial charge on any atom is -0.339 e. The second kappa shape index (κ2) is 7.06. The number of hydrogen-bond acceptors (Lipinski definition) is 5. The van der Waals surface area contributed by atoms with Crippen molar-refractivity contribution in [1.29, 1.82) is 0 Å². The summed E-state index contributed by atoms with van der Waals surface area (Å²) in [6, 6.07) is -0.111. The Bertz CT molecular complexity index is 798. The first-order valence-corrected chi connectivity index (χ1v) is 10.3. The molecule has 26 heavy (non-hydrogen) atoms. The van der Waals surface area contributed by atoms with Gasteiger partial charge in [0.1, 0.15) is 0 Å². The van der Waals surface area contributed by atoms with Gasteiger partial charge >= 0.3 is 0 Å². The highest BCUT2D eigenvalue weighted by molar-refractivity contribution is 7.99. The summed E-state index contributed by atoms with van der Waals surface area (Å²) in [7, 11) is 0. The van der Waals surface area contributed by atoms with E-state index in [-0.39, 0.29) is 23.4 Å². The van der Waals surface area contributed by atoms with E-state index in [0.29, 0.717) is 32.6 Å². The molecule has 1 fully saturated rings. The Labute approximate surface area is 156 Å². The van der Waals surface area contributed by atoms with E-state index in [2.05, 4.69) is 0 Å². The molecule has 1 aromatic heterocycles. The molecule has 0 bridgehead atoms. The van der Waals surface area contributed by atoms with E-state index >= 15 is 0 Å². The molecule has 0 aromatic carbocycles. The minimum atomic E-state index is -0.111. The van der Waals surface area contributed by atoms with E-state index in [9.17, 15) is 14.4 Å². The molecule has 140 valence electrons. The van der Waals surface area contributed by atoms with Crippen LogP contribution in [0.3, 0.4) is 0 Å². The topological polar surface area (TPSA) is 75.5 Å². The summed E-state index contributed by atoms with van der Waals surface area (Å²) in [4.78, 5) is 45.4. The molecule has 2 amide bonds. The summed E-state index contributed by atoms with van der Waals surface area (Å²) in [5.41, 5.74) is 1.89. The summed E-state index contributed by atoms with van der Waals surface area (Å²) in [5.74, 6) is 0.849. The Kier molecular flexibility index (Phi) is 4.77. The van der Waals surface area contributed by atoms with Crippen molar-refractivity contribution < 1.29 is 9.59 Å². The highest BCUT2D eigenvalue weighted by atomic mass is 32.2. The van der Waals surface area contributed by atoms with Crippen LogP contribution in [0.2, 0.25) is 0 Å². The predicted molar refractivity (Wildman–Crippen MR) is 98.4 cm³/mol. The number of aryl methyl sites for hydroxylation is 1. The predicted octanol–water partition coefficient (Wildman–Crippen LogP) is 0.850. The Morgan fingerprint density at radius 1 is 1.12 bits per heavy atom. The Hall–Kier alpha value is -1.83. The Morgan fingerprint density at radius 3 is 2.54 bits per heavy atom. The summed E-state index contributed by atoms with van der Waals surface area (Å²) in [5, 5.41) is 0.773. The van der Waals surface area contributed by atoms with Crippen molar-refractivity contribution in [3.05, 3.63) is 21.6 Å². The first-order chi connectivity index (χ1) is 12.5. The van der Waals surface area contributed by atoms with Gasteiger partial charge in [-0.05, 0) is 25.7 Å². The van der Waals surface area contributed by atoms with Crippen LogP contribution in [-0.4, -0.2) is 63.1 Å². The first kappa shape index (κ1) is 17.6. The second-order valence-corrected chi connectivity index (χ2v) is 8.24. The Morgan fingerprint density at radius 2 is 1.81 bits per heavy atom. The molecule has 1 aromatic rings. The van der Waals surface area contributed by atoms with Crippen molar-refractivity contribution in [1.82, 2.24) is 19.4 Å². The molecule has 0 radical (unpaired) electrons. The van der Waals surface area contributed by atoms with Gasteiger partial charge in [-0.3, -0.25) is 19.0 Å². The van der Waals surface area contributed by atoms with Crippen LogP contribution in [0, 0.1) is 0 Å². The number of nitrogens with zero attached hydrogens (tertiary/aromatic N) is 4.